The fourth-order valence-electron chi connectivity index (χ4n) is 3.25. The molecule has 0 aromatic carbocycles. The molecule has 1 aliphatic heterocycles. The number of guanidine groups is 1. The van der Waals surface area contributed by atoms with Crippen LogP contribution >= 0.6 is 24.0 Å². The maximum absolute atomic E-state index is 12.5. The molecule has 1 aliphatic carbocycles. The Morgan fingerprint density at radius 3 is 2.57 bits per heavy atom. The van der Waals surface area contributed by atoms with Crippen LogP contribution in [0, 0.1) is 5.92 Å². The van der Waals surface area contributed by atoms with E-state index < -0.39 is 13.0 Å². The van der Waals surface area contributed by atoms with Crippen molar-refractivity contribution < 1.29 is 13.6 Å². The lowest BCUT2D eigenvalue weighted by Crippen LogP contribution is -2.46. The van der Waals surface area contributed by atoms with Gasteiger partial charge in [-0.3, -0.25) is 9.79 Å². The van der Waals surface area contributed by atoms with Crippen molar-refractivity contribution in [2.24, 2.45) is 10.9 Å². The number of nitrogens with one attached hydrogen (secondary N) is 2. The minimum atomic E-state index is -2.41. The molecule has 0 bridgehead atoms. The van der Waals surface area contributed by atoms with Crippen LogP contribution in [0.1, 0.15) is 38.5 Å². The molecule has 1 amide bonds. The molecule has 0 spiro atoms. The summed E-state index contributed by atoms with van der Waals surface area (Å²) in [7, 11) is 1.56. The summed E-state index contributed by atoms with van der Waals surface area (Å²) in [6.07, 6.45) is 3.96. The summed E-state index contributed by atoms with van der Waals surface area (Å²) in [5, 5.41) is 5.71. The van der Waals surface area contributed by atoms with Crippen LogP contribution < -0.4 is 10.6 Å². The van der Waals surface area contributed by atoms with Gasteiger partial charge in [0.15, 0.2) is 5.96 Å². The van der Waals surface area contributed by atoms with Crippen molar-refractivity contribution in [3.8, 4) is 0 Å². The number of nitrogens with zero attached hydrogens (tertiary/aromatic N) is 2. The lowest BCUT2D eigenvalue weighted by molar-refractivity contribution is -0.135. The molecule has 2 rings (SSSR count). The van der Waals surface area contributed by atoms with Crippen LogP contribution in [0.2, 0.25) is 0 Å². The molecule has 2 aliphatic rings. The van der Waals surface area contributed by atoms with Crippen LogP contribution in [-0.4, -0.2) is 55.9 Å². The molecule has 2 N–H and O–H groups in total. The zero-order valence-corrected chi connectivity index (χ0v) is 15.9. The first-order valence-electron chi connectivity index (χ1n) is 8.14. The third kappa shape index (κ3) is 6.39. The first kappa shape index (κ1) is 20.4. The minimum Gasteiger partial charge on any atom is -0.352 e. The summed E-state index contributed by atoms with van der Waals surface area (Å²) in [6.45, 7) is 0.945. The fourth-order valence-corrected chi connectivity index (χ4v) is 3.25. The number of rotatable bonds is 4. The van der Waals surface area contributed by atoms with Gasteiger partial charge in [-0.25, -0.2) is 8.78 Å². The highest BCUT2D eigenvalue weighted by Crippen LogP contribution is 2.26. The lowest BCUT2D eigenvalue weighted by Gasteiger charge is -2.26. The normalized spacial score (nSPS) is 22.9. The third-order valence-corrected chi connectivity index (χ3v) is 4.44. The number of aliphatic imine (C=N–C) groups is 1. The predicted octanol–water partition coefficient (Wildman–Crippen LogP) is 2.22. The first-order chi connectivity index (χ1) is 10.6. The van der Waals surface area contributed by atoms with Gasteiger partial charge < -0.3 is 15.5 Å². The Morgan fingerprint density at radius 2 is 1.96 bits per heavy atom. The van der Waals surface area contributed by atoms with Crippen molar-refractivity contribution in [1.82, 2.24) is 15.5 Å². The standard InChI is InChI=1S/C15H26F2N4O.HI/c1-18-15(19-9-13(16)17)20-12-7-8-21(10-12)14(22)11-5-3-2-4-6-11;/h11-13H,2-10H2,1H3,(H2,18,19,20);1H. The summed E-state index contributed by atoms with van der Waals surface area (Å²) in [5.41, 5.74) is 0. The van der Waals surface area contributed by atoms with Crippen molar-refractivity contribution in [3.63, 3.8) is 0 Å². The number of likely N-dealkylation sites (tertiary alicyclic amines) is 1. The van der Waals surface area contributed by atoms with E-state index in [1.54, 1.807) is 7.05 Å². The zero-order chi connectivity index (χ0) is 15.9. The van der Waals surface area contributed by atoms with E-state index in [0.717, 1.165) is 38.6 Å². The SMILES string of the molecule is CN=C(NCC(F)F)NC1CCN(C(=O)C2CCCCC2)C1.I. The highest BCUT2D eigenvalue weighted by atomic mass is 127. The topological polar surface area (TPSA) is 56.7 Å². The minimum absolute atomic E-state index is 0. The second-order valence-electron chi connectivity index (χ2n) is 6.09. The van der Waals surface area contributed by atoms with Crippen LogP contribution in [0.3, 0.4) is 0 Å². The van der Waals surface area contributed by atoms with Gasteiger partial charge in [-0.05, 0) is 19.3 Å². The molecule has 0 aromatic rings. The summed E-state index contributed by atoms with van der Waals surface area (Å²) in [4.78, 5) is 18.3. The van der Waals surface area contributed by atoms with E-state index in [9.17, 15) is 13.6 Å². The predicted molar refractivity (Wildman–Crippen MR) is 97.5 cm³/mol. The average Bonchev–Trinajstić information content (AvgIpc) is 3.00. The number of carbonyl (C=O) groups excluding carboxylic acids is 1. The molecule has 23 heavy (non-hydrogen) atoms. The Hall–Kier alpha value is -0.670. The maximum Gasteiger partial charge on any atom is 0.255 e. The van der Waals surface area contributed by atoms with E-state index in [1.807, 2.05) is 4.90 Å². The molecule has 1 saturated carbocycles. The largest absolute Gasteiger partial charge is 0.352 e. The smallest absolute Gasteiger partial charge is 0.255 e. The molecule has 8 heteroatoms. The Balaban J connectivity index is 0.00000264. The molecular weight excluding hydrogens is 417 g/mol. The monoisotopic (exact) mass is 444 g/mol. The van der Waals surface area contributed by atoms with Crippen LogP contribution in [-0.2, 0) is 4.79 Å². The number of hydrogen-bond acceptors (Lipinski definition) is 2. The lowest BCUT2D eigenvalue weighted by atomic mass is 9.88. The van der Waals surface area contributed by atoms with E-state index in [1.165, 1.54) is 6.42 Å². The van der Waals surface area contributed by atoms with Crippen molar-refractivity contribution in [3.05, 3.63) is 0 Å². The number of alkyl halides is 2. The Bertz CT molecular complexity index is 403. The summed E-state index contributed by atoms with van der Waals surface area (Å²) in [6, 6.07) is 0.0800. The molecule has 1 heterocycles. The summed E-state index contributed by atoms with van der Waals surface area (Å²) >= 11 is 0. The van der Waals surface area contributed by atoms with Gasteiger partial charge in [0.1, 0.15) is 0 Å². The second-order valence-corrected chi connectivity index (χ2v) is 6.09. The van der Waals surface area contributed by atoms with Gasteiger partial charge in [-0.1, -0.05) is 19.3 Å². The molecule has 2 fully saturated rings. The van der Waals surface area contributed by atoms with Crippen LogP contribution in [0.15, 0.2) is 4.99 Å². The Labute approximate surface area is 153 Å². The van der Waals surface area contributed by atoms with E-state index in [-0.39, 0.29) is 41.8 Å². The number of amides is 1. The molecule has 5 nitrogen and oxygen atoms in total. The van der Waals surface area contributed by atoms with E-state index >= 15 is 0 Å². The van der Waals surface area contributed by atoms with Gasteiger partial charge in [0, 0.05) is 32.1 Å². The van der Waals surface area contributed by atoms with Gasteiger partial charge in [-0.15, -0.1) is 24.0 Å². The van der Waals surface area contributed by atoms with Crippen molar-refractivity contribution in [2.45, 2.75) is 51.0 Å². The van der Waals surface area contributed by atoms with Gasteiger partial charge in [0.25, 0.3) is 6.43 Å². The molecule has 134 valence electrons. The number of carbonyl (C=O) groups is 1. The van der Waals surface area contributed by atoms with Gasteiger partial charge in [0.05, 0.1) is 6.54 Å². The fraction of sp³-hybridized carbons (Fsp3) is 0.867. The van der Waals surface area contributed by atoms with Crippen LogP contribution in [0.4, 0.5) is 8.78 Å². The molecule has 0 radical (unpaired) electrons. The molecule has 1 atom stereocenters. The maximum atomic E-state index is 12.5. The Kier molecular flexibility index (Phi) is 9.08. The van der Waals surface area contributed by atoms with Gasteiger partial charge >= 0.3 is 0 Å². The number of hydrogen-bond donors (Lipinski definition) is 2. The Morgan fingerprint density at radius 1 is 1.26 bits per heavy atom. The molecule has 1 saturated heterocycles. The molecular formula is C15H27F2IN4O. The summed E-state index contributed by atoms with van der Waals surface area (Å²) < 4.78 is 24.4. The average molecular weight is 444 g/mol. The number of halogens is 3. The van der Waals surface area contributed by atoms with Crippen molar-refractivity contribution in [2.75, 3.05) is 26.7 Å². The molecule has 0 aromatic heterocycles. The third-order valence-electron chi connectivity index (χ3n) is 4.44. The van der Waals surface area contributed by atoms with E-state index in [4.69, 9.17) is 0 Å². The van der Waals surface area contributed by atoms with E-state index in [2.05, 4.69) is 15.6 Å². The first-order valence-corrected chi connectivity index (χ1v) is 8.14. The summed E-state index contributed by atoms with van der Waals surface area (Å²) in [5.74, 6) is 0.820. The second kappa shape index (κ2) is 10.2. The van der Waals surface area contributed by atoms with Crippen LogP contribution in [0.25, 0.3) is 0 Å². The van der Waals surface area contributed by atoms with Crippen LogP contribution in [0.5, 0.6) is 0 Å². The van der Waals surface area contributed by atoms with Gasteiger partial charge in [-0.2, -0.15) is 0 Å². The van der Waals surface area contributed by atoms with Gasteiger partial charge in [0.2, 0.25) is 5.91 Å². The highest BCUT2D eigenvalue weighted by Gasteiger charge is 2.31. The van der Waals surface area contributed by atoms with E-state index in [0.29, 0.717) is 12.5 Å². The quantitative estimate of drug-likeness (QED) is 0.397. The zero-order valence-electron chi connectivity index (χ0n) is 13.6. The highest BCUT2D eigenvalue weighted by molar-refractivity contribution is 14.0. The molecule has 1 unspecified atom stereocenters. The van der Waals surface area contributed by atoms with Crippen molar-refractivity contribution in [1.29, 1.82) is 0 Å². The van der Waals surface area contributed by atoms with Crippen molar-refractivity contribution >= 4 is 35.8 Å².